The fourth-order valence-corrected chi connectivity index (χ4v) is 2.74. The highest BCUT2D eigenvalue weighted by atomic mass is 16.2. The molecule has 7 nitrogen and oxygen atoms in total. The van der Waals surface area contributed by atoms with Crippen LogP contribution in [0, 0.1) is 0 Å². The summed E-state index contributed by atoms with van der Waals surface area (Å²) in [6.07, 6.45) is 3.58. The molecule has 132 valence electrons. The van der Waals surface area contributed by atoms with E-state index in [1.165, 1.54) is 4.90 Å². The first-order valence-electron chi connectivity index (χ1n) is 8.27. The average Bonchev–Trinajstić information content (AvgIpc) is 3.02. The molecule has 0 saturated carbocycles. The zero-order valence-corrected chi connectivity index (χ0v) is 14.9. The van der Waals surface area contributed by atoms with Crippen LogP contribution < -0.4 is 15.5 Å². The smallest absolute Gasteiger partial charge is 0.249 e. The molecule has 0 radical (unpaired) electrons. The van der Waals surface area contributed by atoms with E-state index in [-0.39, 0.29) is 23.9 Å². The zero-order chi connectivity index (χ0) is 18.2. The van der Waals surface area contributed by atoms with Gasteiger partial charge in [0, 0.05) is 6.20 Å². The Morgan fingerprint density at radius 3 is 2.72 bits per heavy atom. The van der Waals surface area contributed by atoms with E-state index >= 15 is 0 Å². The van der Waals surface area contributed by atoms with Gasteiger partial charge in [0.05, 0.1) is 28.8 Å². The van der Waals surface area contributed by atoms with Crippen molar-refractivity contribution in [2.45, 2.75) is 39.3 Å². The first kappa shape index (κ1) is 17.0. The molecule has 2 N–H and O–H groups in total. The van der Waals surface area contributed by atoms with Crippen molar-refractivity contribution in [1.82, 2.24) is 9.78 Å². The fraction of sp³-hybridized carbons (Fsp3) is 0.389. The zero-order valence-electron chi connectivity index (χ0n) is 14.9. The SMILES string of the molecule is C[C@@H](Nc1cnn(C(C)(C)C)c1)C(=O)N1CC(=O)Nc2ccccc21. The molecule has 3 rings (SSSR count). The van der Waals surface area contributed by atoms with Gasteiger partial charge in [-0.3, -0.25) is 19.2 Å². The second kappa shape index (κ2) is 6.23. The van der Waals surface area contributed by atoms with E-state index in [0.717, 1.165) is 5.69 Å². The molecule has 2 heterocycles. The predicted octanol–water partition coefficient (Wildman–Crippen LogP) is 2.42. The predicted molar refractivity (Wildman–Crippen MR) is 97.7 cm³/mol. The lowest BCUT2D eigenvalue weighted by Gasteiger charge is -2.31. The van der Waals surface area contributed by atoms with E-state index in [2.05, 4.69) is 36.5 Å². The number of nitrogens with one attached hydrogen (secondary N) is 2. The van der Waals surface area contributed by atoms with Gasteiger partial charge in [-0.15, -0.1) is 0 Å². The van der Waals surface area contributed by atoms with Gasteiger partial charge in [0.15, 0.2) is 0 Å². The summed E-state index contributed by atoms with van der Waals surface area (Å²) in [6, 6.07) is 6.81. The summed E-state index contributed by atoms with van der Waals surface area (Å²) in [5.74, 6) is -0.356. The maximum atomic E-state index is 12.9. The van der Waals surface area contributed by atoms with Crippen LogP contribution in [-0.2, 0) is 15.1 Å². The molecular formula is C18H23N5O2. The molecular weight excluding hydrogens is 318 g/mol. The van der Waals surface area contributed by atoms with Gasteiger partial charge >= 0.3 is 0 Å². The van der Waals surface area contributed by atoms with Gasteiger partial charge < -0.3 is 10.6 Å². The number of aromatic nitrogens is 2. The Labute approximate surface area is 147 Å². The Morgan fingerprint density at radius 1 is 1.32 bits per heavy atom. The minimum atomic E-state index is -0.489. The average molecular weight is 341 g/mol. The van der Waals surface area contributed by atoms with Crippen LogP contribution in [0.2, 0.25) is 0 Å². The van der Waals surface area contributed by atoms with Crippen LogP contribution in [0.25, 0.3) is 0 Å². The maximum Gasteiger partial charge on any atom is 0.249 e. The maximum absolute atomic E-state index is 12.9. The number of hydrogen-bond donors (Lipinski definition) is 2. The third-order valence-corrected chi connectivity index (χ3v) is 4.06. The summed E-state index contributed by atoms with van der Waals surface area (Å²) < 4.78 is 1.84. The highest BCUT2D eigenvalue weighted by molar-refractivity contribution is 6.11. The number of anilines is 3. The summed E-state index contributed by atoms with van der Waals surface area (Å²) in [7, 11) is 0. The Bertz CT molecular complexity index is 806. The van der Waals surface area contributed by atoms with Crippen molar-refractivity contribution < 1.29 is 9.59 Å². The Hall–Kier alpha value is -2.83. The van der Waals surface area contributed by atoms with Crippen LogP contribution in [0.5, 0.6) is 0 Å². The second-order valence-corrected chi connectivity index (χ2v) is 7.20. The molecule has 7 heteroatoms. The number of benzene rings is 1. The van der Waals surface area contributed by atoms with Crippen molar-refractivity contribution in [1.29, 1.82) is 0 Å². The molecule has 1 aromatic heterocycles. The van der Waals surface area contributed by atoms with Crippen LogP contribution >= 0.6 is 0 Å². The molecule has 25 heavy (non-hydrogen) atoms. The Kier molecular flexibility index (Phi) is 4.24. The first-order valence-corrected chi connectivity index (χ1v) is 8.27. The van der Waals surface area contributed by atoms with Crippen molar-refractivity contribution in [3.63, 3.8) is 0 Å². The number of amides is 2. The van der Waals surface area contributed by atoms with Crippen molar-refractivity contribution in [3.05, 3.63) is 36.7 Å². The summed E-state index contributed by atoms with van der Waals surface area (Å²) in [5, 5.41) is 10.3. The van der Waals surface area contributed by atoms with Gasteiger partial charge in [-0.1, -0.05) is 12.1 Å². The highest BCUT2D eigenvalue weighted by Gasteiger charge is 2.29. The second-order valence-electron chi connectivity index (χ2n) is 7.20. The summed E-state index contributed by atoms with van der Waals surface area (Å²) in [6.45, 7) is 7.97. The number of carbonyl (C=O) groups excluding carboxylic acids is 2. The number of hydrogen-bond acceptors (Lipinski definition) is 4. The van der Waals surface area contributed by atoms with E-state index in [1.54, 1.807) is 19.2 Å². The minimum Gasteiger partial charge on any atom is -0.371 e. The molecule has 0 aliphatic carbocycles. The van der Waals surface area contributed by atoms with Crippen molar-refractivity contribution in [3.8, 4) is 0 Å². The quantitative estimate of drug-likeness (QED) is 0.899. The van der Waals surface area contributed by atoms with E-state index in [9.17, 15) is 9.59 Å². The van der Waals surface area contributed by atoms with E-state index in [1.807, 2.05) is 29.1 Å². The van der Waals surface area contributed by atoms with E-state index in [0.29, 0.717) is 11.4 Å². The van der Waals surface area contributed by atoms with Crippen LogP contribution in [0.15, 0.2) is 36.7 Å². The van der Waals surface area contributed by atoms with Gasteiger partial charge in [-0.05, 0) is 39.8 Å². The lowest BCUT2D eigenvalue weighted by Crippen LogP contribution is -2.47. The normalized spacial score (nSPS) is 15.4. The van der Waals surface area contributed by atoms with Gasteiger partial charge in [0.25, 0.3) is 0 Å². The van der Waals surface area contributed by atoms with Crippen LogP contribution in [-0.4, -0.2) is 34.2 Å². The van der Waals surface area contributed by atoms with Gasteiger partial charge in [0.2, 0.25) is 11.8 Å². The van der Waals surface area contributed by atoms with Gasteiger partial charge in [0.1, 0.15) is 12.6 Å². The largest absolute Gasteiger partial charge is 0.371 e. The monoisotopic (exact) mass is 341 g/mol. The molecule has 1 aliphatic heterocycles. The fourth-order valence-electron chi connectivity index (χ4n) is 2.74. The third-order valence-electron chi connectivity index (χ3n) is 4.06. The Balaban J connectivity index is 1.77. The number of nitrogens with zero attached hydrogens (tertiary/aromatic N) is 3. The molecule has 0 unspecified atom stereocenters. The molecule has 1 aromatic carbocycles. The van der Waals surface area contributed by atoms with Crippen LogP contribution in [0.4, 0.5) is 17.1 Å². The molecule has 0 spiro atoms. The van der Waals surface area contributed by atoms with E-state index in [4.69, 9.17) is 0 Å². The van der Waals surface area contributed by atoms with Crippen LogP contribution in [0.3, 0.4) is 0 Å². The van der Waals surface area contributed by atoms with E-state index < -0.39 is 6.04 Å². The summed E-state index contributed by atoms with van der Waals surface area (Å²) >= 11 is 0. The molecule has 0 fully saturated rings. The first-order chi connectivity index (χ1) is 11.8. The number of para-hydroxylation sites is 2. The number of carbonyl (C=O) groups is 2. The highest BCUT2D eigenvalue weighted by Crippen LogP contribution is 2.29. The minimum absolute atomic E-state index is 0.0170. The molecule has 1 atom stereocenters. The summed E-state index contributed by atoms with van der Waals surface area (Å²) in [4.78, 5) is 26.3. The molecule has 0 bridgehead atoms. The van der Waals surface area contributed by atoms with Crippen molar-refractivity contribution in [2.24, 2.45) is 0 Å². The van der Waals surface area contributed by atoms with Gasteiger partial charge in [-0.2, -0.15) is 5.10 Å². The van der Waals surface area contributed by atoms with Crippen molar-refractivity contribution in [2.75, 3.05) is 22.1 Å². The Morgan fingerprint density at radius 2 is 2.04 bits per heavy atom. The molecule has 2 amide bonds. The standard InChI is InChI=1S/C18H23N5O2/c1-12(20-13-9-19-23(10-13)18(2,3)4)17(25)22-11-16(24)21-14-7-5-6-8-15(14)22/h5-10,12,20H,11H2,1-4H3,(H,21,24)/t12-/m1/s1. The lowest BCUT2D eigenvalue weighted by atomic mass is 10.1. The van der Waals surface area contributed by atoms with Crippen molar-refractivity contribution >= 4 is 28.9 Å². The third kappa shape index (κ3) is 3.50. The number of rotatable bonds is 3. The molecule has 0 saturated heterocycles. The number of fused-ring (bicyclic) bond motifs is 1. The van der Waals surface area contributed by atoms with Crippen LogP contribution in [0.1, 0.15) is 27.7 Å². The topological polar surface area (TPSA) is 79.3 Å². The molecule has 2 aromatic rings. The van der Waals surface area contributed by atoms with Gasteiger partial charge in [-0.25, -0.2) is 0 Å². The summed E-state index contributed by atoms with van der Waals surface area (Å²) in [5.41, 5.74) is 2.01. The molecule has 1 aliphatic rings. The lowest BCUT2D eigenvalue weighted by molar-refractivity contribution is -0.122.